The molecule has 2 heteroatoms. The Labute approximate surface area is 43.6 Å². The lowest BCUT2D eigenvalue weighted by Gasteiger charge is -1.89. The first-order valence-corrected chi connectivity index (χ1v) is 2.59. The molecule has 42 valence electrons. The van der Waals surface area contributed by atoms with E-state index < -0.39 is 0 Å². The Morgan fingerprint density at radius 2 is 2.43 bits per heavy atom. The highest BCUT2D eigenvalue weighted by molar-refractivity contribution is 4.89. The molecule has 1 fully saturated rings. The maximum atomic E-state index is 5.47. The molecule has 1 unspecified atom stereocenters. The van der Waals surface area contributed by atoms with Crippen LogP contribution in [0.2, 0.25) is 0 Å². The van der Waals surface area contributed by atoms with Crippen LogP contribution in [0.5, 0.6) is 0 Å². The van der Waals surface area contributed by atoms with Crippen LogP contribution < -0.4 is 5.73 Å². The maximum absolute atomic E-state index is 5.47. The van der Waals surface area contributed by atoms with Crippen molar-refractivity contribution in [3.63, 3.8) is 0 Å². The Morgan fingerprint density at radius 1 is 1.86 bits per heavy atom. The van der Waals surface area contributed by atoms with Gasteiger partial charge in [0, 0.05) is 13.2 Å². The van der Waals surface area contributed by atoms with Crippen molar-refractivity contribution in [3.05, 3.63) is 0 Å². The van der Waals surface area contributed by atoms with Crippen molar-refractivity contribution in [2.24, 2.45) is 11.7 Å². The molecule has 0 bridgehead atoms. The van der Waals surface area contributed by atoms with E-state index in [1.54, 1.807) is 7.11 Å². The van der Waals surface area contributed by atoms with E-state index >= 15 is 0 Å². The van der Waals surface area contributed by atoms with Gasteiger partial charge in [-0.1, -0.05) is 0 Å². The highest BCUT2D eigenvalue weighted by Crippen LogP contribution is 2.27. The van der Waals surface area contributed by atoms with E-state index in [2.05, 4.69) is 0 Å². The van der Waals surface area contributed by atoms with Crippen LogP contribution in [0.3, 0.4) is 0 Å². The fourth-order valence-corrected chi connectivity index (χ4v) is 0.677. The molecule has 2 nitrogen and oxygen atoms in total. The van der Waals surface area contributed by atoms with E-state index in [0.717, 1.165) is 13.0 Å². The Morgan fingerprint density at radius 3 is 2.57 bits per heavy atom. The third kappa shape index (κ3) is 1.14. The fourth-order valence-electron chi connectivity index (χ4n) is 0.677. The Hall–Kier alpha value is -0.0800. The summed E-state index contributed by atoms with van der Waals surface area (Å²) in [5.74, 6) is 0.671. The van der Waals surface area contributed by atoms with Gasteiger partial charge >= 0.3 is 0 Å². The number of ether oxygens (including phenoxy) is 1. The molecular formula is C5H11NO. The average Bonchev–Trinajstić information content (AvgIpc) is 2.22. The van der Waals surface area contributed by atoms with Crippen molar-refractivity contribution in [1.82, 2.24) is 0 Å². The number of hydrogen-bond acceptors (Lipinski definition) is 2. The molecule has 0 saturated heterocycles. The van der Waals surface area contributed by atoms with Crippen molar-refractivity contribution in [3.8, 4) is 0 Å². The normalized spacial score (nSPS) is 38.6. The van der Waals surface area contributed by atoms with Crippen molar-refractivity contribution >= 4 is 0 Å². The molecule has 0 spiro atoms. The van der Waals surface area contributed by atoms with Crippen molar-refractivity contribution in [1.29, 1.82) is 0 Å². The van der Waals surface area contributed by atoms with Crippen molar-refractivity contribution in [2.75, 3.05) is 13.7 Å². The summed E-state index contributed by atoms with van der Waals surface area (Å²) < 4.78 is 4.86. The third-order valence-corrected chi connectivity index (χ3v) is 1.36. The van der Waals surface area contributed by atoms with Gasteiger partial charge in [0.05, 0.1) is 6.61 Å². The number of methoxy groups -OCH3 is 1. The summed E-state index contributed by atoms with van der Waals surface area (Å²) in [6.07, 6.45) is 1.16. The second-order valence-corrected chi connectivity index (χ2v) is 2.11. The molecule has 0 heterocycles. The van der Waals surface area contributed by atoms with Crippen LogP contribution >= 0.6 is 0 Å². The molecule has 0 aliphatic heterocycles. The quantitative estimate of drug-likeness (QED) is 0.530. The lowest BCUT2D eigenvalue weighted by Crippen LogP contribution is -2.05. The zero-order valence-corrected chi connectivity index (χ0v) is 4.55. The Kier molecular flexibility index (Phi) is 1.30. The molecule has 2 N–H and O–H groups in total. The molecule has 0 aromatic rings. The van der Waals surface area contributed by atoms with Gasteiger partial charge in [0.15, 0.2) is 0 Å². The highest BCUT2D eigenvalue weighted by atomic mass is 16.5. The van der Waals surface area contributed by atoms with E-state index in [0.29, 0.717) is 12.0 Å². The minimum atomic E-state index is 0.444. The van der Waals surface area contributed by atoms with Gasteiger partial charge in [0.25, 0.3) is 0 Å². The predicted molar refractivity (Wildman–Crippen MR) is 28.0 cm³/mol. The van der Waals surface area contributed by atoms with E-state index in [1.807, 2.05) is 0 Å². The smallest absolute Gasteiger partial charge is 0.0505 e. The molecule has 0 amide bonds. The first-order valence-electron chi connectivity index (χ1n) is 2.59. The molecule has 0 aromatic carbocycles. The summed E-state index contributed by atoms with van der Waals surface area (Å²) in [7, 11) is 1.71. The Balaban J connectivity index is 1.98. The summed E-state index contributed by atoms with van der Waals surface area (Å²) in [6, 6.07) is 0.444. The largest absolute Gasteiger partial charge is 0.384 e. The predicted octanol–water partition coefficient (Wildman–Crippen LogP) is -0.0200. The molecule has 1 rings (SSSR count). The lowest BCUT2D eigenvalue weighted by molar-refractivity contribution is 0.184. The van der Waals surface area contributed by atoms with Crippen molar-refractivity contribution in [2.45, 2.75) is 12.5 Å². The maximum Gasteiger partial charge on any atom is 0.0505 e. The molecule has 2 atom stereocenters. The third-order valence-electron chi connectivity index (χ3n) is 1.36. The molecule has 0 aromatic heterocycles. The number of rotatable bonds is 2. The van der Waals surface area contributed by atoms with Gasteiger partial charge in [-0.05, 0) is 12.3 Å². The van der Waals surface area contributed by atoms with E-state index in [9.17, 15) is 0 Å². The van der Waals surface area contributed by atoms with Gasteiger partial charge in [0.2, 0.25) is 0 Å². The monoisotopic (exact) mass is 101 g/mol. The molecule has 1 aliphatic rings. The van der Waals surface area contributed by atoms with Gasteiger partial charge in [-0.25, -0.2) is 0 Å². The summed E-state index contributed by atoms with van der Waals surface area (Å²) >= 11 is 0. The van der Waals surface area contributed by atoms with E-state index in [4.69, 9.17) is 10.5 Å². The van der Waals surface area contributed by atoms with Crippen molar-refractivity contribution < 1.29 is 4.74 Å². The molecule has 7 heavy (non-hydrogen) atoms. The van der Waals surface area contributed by atoms with Crippen LogP contribution in [0.1, 0.15) is 6.42 Å². The van der Waals surface area contributed by atoms with Crippen LogP contribution in [-0.2, 0) is 4.74 Å². The SMILES string of the molecule is COC[C@@H]1CC1N. The van der Waals surface area contributed by atoms with Crippen LogP contribution in [0.4, 0.5) is 0 Å². The number of hydrogen-bond donors (Lipinski definition) is 1. The van der Waals surface area contributed by atoms with Gasteiger partial charge in [-0.2, -0.15) is 0 Å². The first-order chi connectivity index (χ1) is 3.34. The van der Waals surface area contributed by atoms with E-state index in [1.165, 1.54) is 0 Å². The lowest BCUT2D eigenvalue weighted by atomic mass is 10.4. The average molecular weight is 101 g/mol. The second kappa shape index (κ2) is 1.80. The zero-order chi connectivity index (χ0) is 5.28. The molecule has 1 aliphatic carbocycles. The van der Waals surface area contributed by atoms with Crippen LogP contribution in [0.25, 0.3) is 0 Å². The van der Waals surface area contributed by atoms with Gasteiger partial charge < -0.3 is 10.5 Å². The zero-order valence-electron chi connectivity index (χ0n) is 4.55. The van der Waals surface area contributed by atoms with Crippen LogP contribution in [0, 0.1) is 5.92 Å². The minimum Gasteiger partial charge on any atom is -0.384 e. The number of nitrogens with two attached hydrogens (primary N) is 1. The summed E-state index contributed by atoms with van der Waals surface area (Å²) in [4.78, 5) is 0. The molecule has 0 radical (unpaired) electrons. The van der Waals surface area contributed by atoms with Crippen LogP contribution in [-0.4, -0.2) is 19.8 Å². The van der Waals surface area contributed by atoms with E-state index in [-0.39, 0.29) is 0 Å². The second-order valence-electron chi connectivity index (χ2n) is 2.11. The summed E-state index contributed by atoms with van der Waals surface area (Å²) in [5, 5.41) is 0. The summed E-state index contributed by atoms with van der Waals surface area (Å²) in [6.45, 7) is 0.848. The van der Waals surface area contributed by atoms with Gasteiger partial charge in [-0.15, -0.1) is 0 Å². The molecular weight excluding hydrogens is 90.1 g/mol. The van der Waals surface area contributed by atoms with Crippen LogP contribution in [0.15, 0.2) is 0 Å². The molecule has 1 saturated carbocycles. The topological polar surface area (TPSA) is 35.2 Å². The highest BCUT2D eigenvalue weighted by Gasteiger charge is 2.32. The first kappa shape index (κ1) is 5.06. The fraction of sp³-hybridized carbons (Fsp3) is 1.00. The minimum absolute atomic E-state index is 0.444. The van der Waals surface area contributed by atoms with Gasteiger partial charge in [-0.3, -0.25) is 0 Å². The Bertz CT molecular complexity index is 65.1. The van der Waals surface area contributed by atoms with Gasteiger partial charge in [0.1, 0.15) is 0 Å². The standard InChI is InChI=1S/C5H11NO/c1-7-3-4-2-5(4)6/h4-5H,2-3,6H2,1H3/t4-,5?/m0/s1. The summed E-state index contributed by atoms with van der Waals surface area (Å²) in [5.41, 5.74) is 5.47.